The van der Waals surface area contributed by atoms with Gasteiger partial charge in [-0.25, -0.2) is 9.38 Å². The molecule has 10 heteroatoms. The van der Waals surface area contributed by atoms with Crippen molar-refractivity contribution in [2.24, 2.45) is 4.99 Å². The van der Waals surface area contributed by atoms with Crippen LogP contribution in [0.3, 0.4) is 0 Å². The van der Waals surface area contributed by atoms with Crippen molar-refractivity contribution in [3.8, 4) is 11.5 Å². The predicted molar refractivity (Wildman–Crippen MR) is 137 cm³/mol. The maximum atomic E-state index is 14.2. The van der Waals surface area contributed by atoms with Crippen LogP contribution in [0.1, 0.15) is 11.1 Å². The summed E-state index contributed by atoms with van der Waals surface area (Å²) in [4.78, 5) is 19.9. The van der Waals surface area contributed by atoms with Crippen molar-refractivity contribution in [2.75, 3.05) is 41.8 Å². The van der Waals surface area contributed by atoms with E-state index in [2.05, 4.69) is 25.7 Å². The molecule has 9 nitrogen and oxygen atoms in total. The fraction of sp³-hybridized carbons (Fsp3) is 0.185. The number of amides is 1. The Hall–Kier alpha value is -4.57. The van der Waals surface area contributed by atoms with Gasteiger partial charge in [0.1, 0.15) is 5.82 Å². The van der Waals surface area contributed by atoms with E-state index in [-0.39, 0.29) is 17.8 Å². The normalized spacial score (nSPS) is 17.4. The number of hydrogen-bond acceptors (Lipinski definition) is 8. The van der Waals surface area contributed by atoms with E-state index >= 15 is 0 Å². The lowest BCUT2D eigenvalue weighted by atomic mass is 10.0. The van der Waals surface area contributed by atoms with Gasteiger partial charge in [-0.2, -0.15) is 0 Å². The first kappa shape index (κ1) is 22.9. The molecule has 0 unspecified atom stereocenters. The highest BCUT2D eigenvalue weighted by molar-refractivity contribution is 6.19. The largest absolute Gasteiger partial charge is 0.403 e. The number of aliphatic imine (C=N–C) groups is 1. The molecule has 1 fully saturated rings. The van der Waals surface area contributed by atoms with Gasteiger partial charge in [-0.1, -0.05) is 53.6 Å². The van der Waals surface area contributed by atoms with Crippen molar-refractivity contribution in [2.45, 2.75) is 6.17 Å². The third-order valence-electron chi connectivity index (χ3n) is 6.22. The Morgan fingerprint density at radius 1 is 0.946 bits per heavy atom. The van der Waals surface area contributed by atoms with Crippen LogP contribution in [-0.2, 0) is 9.53 Å². The van der Waals surface area contributed by atoms with E-state index in [9.17, 15) is 9.18 Å². The molecule has 0 radical (unpaired) electrons. The van der Waals surface area contributed by atoms with E-state index in [1.165, 1.54) is 12.1 Å². The molecule has 0 bridgehead atoms. The molecule has 2 N–H and O–H groups in total. The number of carbonyl (C=O) groups excluding carboxylic acids is 1. The number of halogens is 1. The summed E-state index contributed by atoms with van der Waals surface area (Å²) >= 11 is 0. The minimum absolute atomic E-state index is 0.00513. The van der Waals surface area contributed by atoms with Gasteiger partial charge in [-0.05, 0) is 24.3 Å². The zero-order chi connectivity index (χ0) is 25.2. The zero-order valence-electron chi connectivity index (χ0n) is 19.7. The average Bonchev–Trinajstić information content (AvgIpc) is 3.35. The van der Waals surface area contributed by atoms with Crippen LogP contribution >= 0.6 is 0 Å². The lowest BCUT2D eigenvalue weighted by Crippen LogP contribution is -2.36. The molecule has 1 saturated heterocycles. The first-order valence-corrected chi connectivity index (χ1v) is 11.9. The number of anilines is 3. The number of benzodiazepines with no additional fused rings is 1. The van der Waals surface area contributed by atoms with Gasteiger partial charge >= 0.3 is 6.01 Å². The van der Waals surface area contributed by atoms with Crippen LogP contribution in [0.25, 0.3) is 11.5 Å². The van der Waals surface area contributed by atoms with Crippen LogP contribution in [0.2, 0.25) is 0 Å². The summed E-state index contributed by atoms with van der Waals surface area (Å²) in [6.45, 7) is 2.48. The Bertz CT molecular complexity index is 1470. The van der Waals surface area contributed by atoms with Gasteiger partial charge in [-0.3, -0.25) is 4.79 Å². The molecule has 0 spiro atoms. The third-order valence-corrected chi connectivity index (χ3v) is 6.22. The van der Waals surface area contributed by atoms with Gasteiger partial charge in [0.05, 0.1) is 30.2 Å². The second kappa shape index (κ2) is 9.82. The third kappa shape index (κ3) is 4.66. The molecule has 1 aromatic heterocycles. The number of benzene rings is 3. The first-order chi connectivity index (χ1) is 18.2. The molecule has 6 rings (SSSR count). The molecular formula is C27H23FN6O3. The molecule has 1 amide bonds. The van der Waals surface area contributed by atoms with Crippen LogP contribution in [0.4, 0.5) is 21.8 Å². The van der Waals surface area contributed by atoms with Crippen molar-refractivity contribution in [1.82, 2.24) is 10.2 Å². The SMILES string of the molecule is O=C1Nc2ccccc2C(c2ccccc2)=N[C@@H]1Nc1nnc(-c2cc(F)ccc2N2CCOCC2)o1. The number of para-hydroxylation sites is 1. The number of fused-ring (bicyclic) bond motifs is 1. The Morgan fingerprint density at radius 3 is 2.57 bits per heavy atom. The summed E-state index contributed by atoms with van der Waals surface area (Å²) in [6.07, 6.45) is -1.04. The van der Waals surface area contributed by atoms with E-state index in [1.54, 1.807) is 6.07 Å². The standard InChI is InChI=1S/C27H23FN6O3/c28-18-10-11-22(34-12-14-36-15-13-34)20(16-18)26-32-33-27(37-26)31-24-25(35)29-21-9-5-4-8-19(21)23(30-24)17-6-2-1-3-7-17/h1-11,16,24H,12-15H2,(H,29,35)(H,31,33)/t24-/m1/s1. The Labute approximate surface area is 212 Å². The highest BCUT2D eigenvalue weighted by Crippen LogP contribution is 2.32. The fourth-order valence-electron chi connectivity index (χ4n) is 4.45. The molecule has 1 atom stereocenters. The molecule has 2 aliphatic rings. The topological polar surface area (TPSA) is 105 Å². The number of rotatable bonds is 5. The van der Waals surface area contributed by atoms with Gasteiger partial charge in [0.2, 0.25) is 6.17 Å². The van der Waals surface area contributed by atoms with E-state index < -0.39 is 12.0 Å². The molecule has 3 heterocycles. The number of nitrogens with one attached hydrogen (secondary N) is 2. The molecular weight excluding hydrogens is 475 g/mol. The predicted octanol–water partition coefficient (Wildman–Crippen LogP) is 3.94. The quantitative estimate of drug-likeness (QED) is 0.429. The van der Waals surface area contributed by atoms with Crippen molar-refractivity contribution < 1.29 is 18.3 Å². The highest BCUT2D eigenvalue weighted by Gasteiger charge is 2.28. The van der Waals surface area contributed by atoms with Gasteiger partial charge in [-0.15, -0.1) is 5.10 Å². The molecule has 3 aromatic carbocycles. The second-order valence-corrected chi connectivity index (χ2v) is 8.60. The monoisotopic (exact) mass is 498 g/mol. The fourth-order valence-corrected chi connectivity index (χ4v) is 4.45. The number of hydrogen-bond donors (Lipinski definition) is 2. The van der Waals surface area contributed by atoms with Gasteiger partial charge in [0, 0.05) is 29.9 Å². The maximum absolute atomic E-state index is 14.2. The Kier molecular flexibility index (Phi) is 6.07. The Morgan fingerprint density at radius 2 is 1.73 bits per heavy atom. The van der Waals surface area contributed by atoms with E-state index in [4.69, 9.17) is 14.1 Å². The van der Waals surface area contributed by atoms with Crippen LogP contribution in [0.15, 0.2) is 82.2 Å². The van der Waals surface area contributed by atoms with E-state index in [0.717, 1.165) is 16.8 Å². The van der Waals surface area contributed by atoms with E-state index in [1.807, 2.05) is 54.6 Å². The highest BCUT2D eigenvalue weighted by atomic mass is 19.1. The number of nitrogens with zero attached hydrogens (tertiary/aromatic N) is 4. The summed E-state index contributed by atoms with van der Waals surface area (Å²) in [5.41, 5.74) is 4.19. The van der Waals surface area contributed by atoms with Crippen LogP contribution in [-0.4, -0.2) is 54.3 Å². The van der Waals surface area contributed by atoms with Crippen LogP contribution in [0.5, 0.6) is 0 Å². The molecule has 0 aliphatic carbocycles. The van der Waals surface area contributed by atoms with Crippen molar-refractivity contribution >= 4 is 29.0 Å². The summed E-state index contributed by atoms with van der Waals surface area (Å²) in [7, 11) is 0. The lowest BCUT2D eigenvalue weighted by Gasteiger charge is -2.30. The molecule has 2 aliphatic heterocycles. The second-order valence-electron chi connectivity index (χ2n) is 8.60. The Balaban J connectivity index is 1.33. The number of morpholine rings is 1. The number of aromatic nitrogens is 2. The van der Waals surface area contributed by atoms with Gasteiger partial charge in [0.15, 0.2) is 0 Å². The van der Waals surface area contributed by atoms with E-state index in [0.29, 0.717) is 43.3 Å². The lowest BCUT2D eigenvalue weighted by molar-refractivity contribution is -0.116. The van der Waals surface area contributed by atoms with Gasteiger partial charge in [0.25, 0.3) is 11.8 Å². The van der Waals surface area contributed by atoms with Crippen molar-refractivity contribution in [3.63, 3.8) is 0 Å². The zero-order valence-corrected chi connectivity index (χ0v) is 19.7. The number of carbonyl (C=O) groups is 1. The summed E-state index contributed by atoms with van der Waals surface area (Å²) in [5.74, 6) is -0.663. The maximum Gasteiger partial charge on any atom is 0.317 e. The van der Waals surface area contributed by atoms with Crippen LogP contribution < -0.4 is 15.5 Å². The molecule has 37 heavy (non-hydrogen) atoms. The van der Waals surface area contributed by atoms with Crippen molar-refractivity contribution in [1.29, 1.82) is 0 Å². The van der Waals surface area contributed by atoms with Crippen molar-refractivity contribution in [3.05, 3.63) is 89.7 Å². The number of ether oxygens (including phenoxy) is 1. The minimum atomic E-state index is -1.04. The molecule has 186 valence electrons. The summed E-state index contributed by atoms with van der Waals surface area (Å²) in [5, 5.41) is 14.1. The average molecular weight is 499 g/mol. The minimum Gasteiger partial charge on any atom is -0.403 e. The first-order valence-electron chi connectivity index (χ1n) is 11.9. The van der Waals surface area contributed by atoms with Crippen LogP contribution in [0, 0.1) is 5.82 Å². The summed E-state index contributed by atoms with van der Waals surface area (Å²) < 4.78 is 25.5. The smallest absolute Gasteiger partial charge is 0.317 e. The molecule has 0 saturated carbocycles. The summed E-state index contributed by atoms with van der Waals surface area (Å²) in [6, 6.07) is 21.6. The molecule has 4 aromatic rings. The van der Waals surface area contributed by atoms with Gasteiger partial charge < -0.3 is 24.7 Å².